The fourth-order valence-corrected chi connectivity index (χ4v) is 8.48. The SMILES string of the molecule is C=C(/C=C\C=C/C)CCCc1ccccc1.CC(=O)N1CCCCC1C(=O)O.CCCCCCC(=O)C(=O)N1CCCC[C@H]1C(=O)O.CCCCCCCOC(=O)c1cccc(CCCc2ccccc2)c1. The summed E-state index contributed by atoms with van der Waals surface area (Å²) in [5, 5.41) is 17.8. The standard InChI is InChI=1S/C23H30O2.C16H20.C14H23NO4.C8H13NO3/c1-2-3-4-5-9-18-25-23(24)22-17-11-16-21(19-22)15-10-14-20-12-7-6-8-13-20;1-3-4-6-10-15(2)11-9-14-16-12-7-5-8-13-16;1-2-3-4-5-9-12(16)13(17)15-10-7-6-8-11(15)14(18)19;1-6(10)9-5-3-2-4-7(9)8(11)12/h6-8,11-13,16-17,19H,2-5,9-10,14-15,18H2,1H3;3-8,10,12-13H,2,9,11,14H2,1H3;11H,2-10H2,1H3,(H,18,19);7H,2-5H2,1H3,(H,11,12)/b;4-3-,10-6-;;/t;;11-;/m..0./s1. The number of carbonyl (C=O) groups is 6. The average Bonchev–Trinajstić information content (AvgIpc) is 3.39. The number of hydrogen-bond acceptors (Lipinski definition) is 7. The zero-order valence-corrected chi connectivity index (χ0v) is 44.1. The highest BCUT2D eigenvalue weighted by atomic mass is 16.5. The first-order valence-electron chi connectivity index (χ1n) is 26.7. The quantitative estimate of drug-likeness (QED) is 0.0365. The number of piperidine rings is 2. The highest BCUT2D eigenvalue weighted by molar-refractivity contribution is 6.36. The van der Waals surface area contributed by atoms with Crippen LogP contribution < -0.4 is 0 Å². The monoisotopic (exact) mass is 991 g/mol. The molecule has 5 rings (SSSR count). The Morgan fingerprint density at radius 3 is 1.69 bits per heavy atom. The molecule has 2 aliphatic heterocycles. The van der Waals surface area contributed by atoms with Crippen LogP contribution >= 0.6 is 0 Å². The average molecular weight is 991 g/mol. The topological polar surface area (TPSA) is 159 Å². The lowest BCUT2D eigenvalue weighted by atomic mass is 10.0. The Labute approximate surface area is 431 Å². The number of benzene rings is 3. The number of aryl methyl sites for hydroxylation is 3. The number of ketones is 1. The second-order valence-electron chi connectivity index (χ2n) is 18.6. The van der Waals surface area contributed by atoms with Gasteiger partial charge in [-0.15, -0.1) is 0 Å². The number of ether oxygens (including phenoxy) is 1. The maximum atomic E-state index is 12.2. The van der Waals surface area contributed by atoms with Crippen molar-refractivity contribution in [3.63, 3.8) is 0 Å². The lowest BCUT2D eigenvalue weighted by molar-refractivity contribution is -0.155. The number of carbonyl (C=O) groups excluding carboxylic acids is 4. The highest BCUT2D eigenvalue weighted by Gasteiger charge is 2.34. The molecule has 0 saturated carbocycles. The van der Waals surface area contributed by atoms with E-state index < -0.39 is 35.7 Å². The van der Waals surface area contributed by atoms with Crippen molar-refractivity contribution in [1.82, 2.24) is 9.80 Å². The van der Waals surface area contributed by atoms with Gasteiger partial charge < -0.3 is 24.7 Å². The molecule has 11 nitrogen and oxygen atoms in total. The number of amides is 2. The molecule has 2 atom stereocenters. The molecule has 0 bridgehead atoms. The number of aliphatic carboxylic acids is 2. The van der Waals surface area contributed by atoms with Crippen LogP contribution in [-0.2, 0) is 48.0 Å². The van der Waals surface area contributed by atoms with E-state index >= 15 is 0 Å². The van der Waals surface area contributed by atoms with Gasteiger partial charge in [-0.2, -0.15) is 0 Å². The number of rotatable bonds is 25. The Balaban J connectivity index is 0.000000340. The molecular formula is C61H86N2O9. The number of unbranched alkanes of at least 4 members (excludes halogenated alkanes) is 7. The van der Waals surface area contributed by atoms with Gasteiger partial charge >= 0.3 is 17.9 Å². The maximum absolute atomic E-state index is 12.2. The molecule has 72 heavy (non-hydrogen) atoms. The summed E-state index contributed by atoms with van der Waals surface area (Å²) < 4.78 is 5.40. The third-order valence-corrected chi connectivity index (χ3v) is 12.6. The first-order valence-corrected chi connectivity index (χ1v) is 26.7. The number of nitrogens with zero attached hydrogens (tertiary/aromatic N) is 2. The van der Waals surface area contributed by atoms with Gasteiger partial charge in [0.2, 0.25) is 11.7 Å². The molecule has 0 aliphatic carbocycles. The number of carboxylic acids is 2. The third kappa shape index (κ3) is 26.9. The van der Waals surface area contributed by atoms with Gasteiger partial charge in [0, 0.05) is 26.4 Å². The Bertz CT molecular complexity index is 2080. The fourth-order valence-electron chi connectivity index (χ4n) is 8.48. The zero-order valence-electron chi connectivity index (χ0n) is 44.1. The molecule has 0 aromatic heterocycles. The van der Waals surface area contributed by atoms with E-state index in [4.69, 9.17) is 14.9 Å². The largest absolute Gasteiger partial charge is 0.480 e. The first kappa shape index (κ1) is 62.0. The van der Waals surface area contributed by atoms with E-state index in [-0.39, 0.29) is 18.3 Å². The van der Waals surface area contributed by atoms with Crippen LogP contribution in [0.4, 0.5) is 0 Å². The number of esters is 1. The molecule has 3 aromatic rings. The summed E-state index contributed by atoms with van der Waals surface area (Å²) in [6.07, 6.45) is 29.0. The van der Waals surface area contributed by atoms with Gasteiger partial charge in [-0.1, -0.05) is 168 Å². The molecule has 0 radical (unpaired) electrons. The van der Waals surface area contributed by atoms with E-state index in [0.717, 1.165) is 89.9 Å². The van der Waals surface area contributed by atoms with Crippen molar-refractivity contribution in [1.29, 1.82) is 0 Å². The van der Waals surface area contributed by atoms with Crippen LogP contribution in [0.15, 0.2) is 121 Å². The minimum absolute atomic E-state index is 0.137. The number of likely N-dealkylation sites (tertiary alicyclic amines) is 2. The summed E-state index contributed by atoms with van der Waals surface area (Å²) in [4.78, 5) is 71.4. The minimum Gasteiger partial charge on any atom is -0.480 e. The van der Waals surface area contributed by atoms with Gasteiger partial charge in [0.15, 0.2) is 0 Å². The second kappa shape index (κ2) is 38.6. The predicted molar refractivity (Wildman–Crippen MR) is 290 cm³/mol. The summed E-state index contributed by atoms with van der Waals surface area (Å²) in [5.74, 6) is -3.27. The fraction of sp³-hybridized carbons (Fsp3) is 0.508. The van der Waals surface area contributed by atoms with E-state index in [1.165, 1.54) is 64.7 Å². The van der Waals surface area contributed by atoms with E-state index in [1.807, 2.05) is 49.4 Å². The van der Waals surface area contributed by atoms with Crippen LogP contribution in [0.2, 0.25) is 0 Å². The molecule has 2 fully saturated rings. The van der Waals surface area contributed by atoms with Crippen LogP contribution in [0, 0.1) is 0 Å². The van der Waals surface area contributed by atoms with Crippen molar-refractivity contribution in [2.24, 2.45) is 0 Å². The van der Waals surface area contributed by atoms with Crippen molar-refractivity contribution < 1.29 is 43.7 Å². The molecule has 2 amide bonds. The zero-order chi connectivity index (χ0) is 52.8. The summed E-state index contributed by atoms with van der Waals surface area (Å²) in [7, 11) is 0. The van der Waals surface area contributed by atoms with Gasteiger partial charge in [0.05, 0.1) is 12.2 Å². The van der Waals surface area contributed by atoms with Gasteiger partial charge in [0.25, 0.3) is 5.91 Å². The molecule has 3 aromatic carbocycles. The molecule has 2 heterocycles. The lowest BCUT2D eigenvalue weighted by Gasteiger charge is -2.32. The minimum atomic E-state index is -1.01. The van der Waals surface area contributed by atoms with Gasteiger partial charge in [-0.25, -0.2) is 14.4 Å². The van der Waals surface area contributed by atoms with Crippen LogP contribution in [0.5, 0.6) is 0 Å². The van der Waals surface area contributed by atoms with Crippen molar-refractivity contribution in [3.05, 3.63) is 144 Å². The smallest absolute Gasteiger partial charge is 0.338 e. The predicted octanol–water partition coefficient (Wildman–Crippen LogP) is 13.2. The number of hydrogen-bond donors (Lipinski definition) is 2. The Kier molecular flexibility index (Phi) is 33.2. The van der Waals surface area contributed by atoms with Crippen LogP contribution in [0.1, 0.15) is 177 Å². The number of allylic oxidation sites excluding steroid dienone is 5. The van der Waals surface area contributed by atoms with E-state index in [0.29, 0.717) is 44.5 Å². The number of carboxylic acid groups (broad SMARTS) is 2. The summed E-state index contributed by atoms with van der Waals surface area (Å²) in [5.41, 5.74) is 5.85. The summed E-state index contributed by atoms with van der Waals surface area (Å²) in [6, 6.07) is 27.6. The highest BCUT2D eigenvalue weighted by Crippen LogP contribution is 2.20. The number of Topliss-reactive ketones (excluding diaryl/α,β-unsaturated/α-hetero) is 1. The normalized spacial score (nSPS) is 15.2. The molecule has 2 N–H and O–H groups in total. The Hall–Kier alpha value is -6.10. The molecule has 11 heteroatoms. The molecule has 2 saturated heterocycles. The van der Waals surface area contributed by atoms with Crippen LogP contribution in [-0.4, -0.2) is 87.3 Å². The Morgan fingerprint density at radius 2 is 1.14 bits per heavy atom. The van der Waals surface area contributed by atoms with E-state index in [9.17, 15) is 28.8 Å². The van der Waals surface area contributed by atoms with E-state index in [1.54, 1.807) is 0 Å². The maximum Gasteiger partial charge on any atom is 0.338 e. The molecular weight excluding hydrogens is 905 g/mol. The van der Waals surface area contributed by atoms with Crippen LogP contribution in [0.25, 0.3) is 0 Å². The van der Waals surface area contributed by atoms with Gasteiger partial charge in [-0.3, -0.25) is 14.4 Å². The molecule has 1 unspecified atom stereocenters. The summed E-state index contributed by atoms with van der Waals surface area (Å²) >= 11 is 0. The van der Waals surface area contributed by atoms with Crippen molar-refractivity contribution in [2.75, 3.05) is 19.7 Å². The second-order valence-corrected chi connectivity index (χ2v) is 18.6. The summed E-state index contributed by atoms with van der Waals surface area (Å²) in [6.45, 7) is 13.3. The molecule has 394 valence electrons. The van der Waals surface area contributed by atoms with Crippen LogP contribution in [0.3, 0.4) is 0 Å². The van der Waals surface area contributed by atoms with Gasteiger partial charge in [-0.05, 0) is 126 Å². The van der Waals surface area contributed by atoms with Crippen molar-refractivity contribution >= 4 is 35.5 Å². The van der Waals surface area contributed by atoms with E-state index in [2.05, 4.69) is 87.2 Å². The Morgan fingerprint density at radius 1 is 0.611 bits per heavy atom. The van der Waals surface area contributed by atoms with Crippen molar-refractivity contribution in [2.45, 2.75) is 181 Å². The molecule has 2 aliphatic rings. The first-order chi connectivity index (χ1) is 34.8. The van der Waals surface area contributed by atoms with Gasteiger partial charge in [0.1, 0.15) is 12.1 Å². The third-order valence-electron chi connectivity index (χ3n) is 12.6. The van der Waals surface area contributed by atoms with Crippen molar-refractivity contribution in [3.8, 4) is 0 Å². The molecule has 0 spiro atoms. The lowest BCUT2D eigenvalue weighted by Crippen LogP contribution is -2.50.